The third kappa shape index (κ3) is 9.27. The van der Waals surface area contributed by atoms with E-state index in [1.54, 1.807) is 24.3 Å². The van der Waals surface area contributed by atoms with Crippen LogP contribution in [0.2, 0.25) is 0 Å². The molecule has 0 spiro atoms. The van der Waals surface area contributed by atoms with Crippen LogP contribution in [-0.2, 0) is 9.53 Å². The molecule has 0 atom stereocenters. The molecule has 0 N–H and O–H groups in total. The number of nitrogens with zero attached hydrogens (tertiary/aromatic N) is 2. The average Bonchev–Trinajstić information content (AvgIpc) is 2.64. The van der Waals surface area contributed by atoms with Crippen molar-refractivity contribution in [1.82, 2.24) is 9.80 Å². The van der Waals surface area contributed by atoms with E-state index in [1.807, 2.05) is 13.8 Å². The molecule has 0 bridgehead atoms. The Morgan fingerprint density at radius 1 is 1.04 bits per heavy atom. The molecule has 1 aliphatic heterocycles. The van der Waals surface area contributed by atoms with Gasteiger partial charge in [0.1, 0.15) is 12.4 Å². The molecule has 6 heteroatoms. The topological polar surface area (TPSA) is 59.1 Å². The summed E-state index contributed by atoms with van der Waals surface area (Å²) < 4.78 is 9.52. The summed E-state index contributed by atoms with van der Waals surface area (Å²) in [6.45, 7) is 8.94. The number of rotatable bonds is 4. The maximum atomic E-state index is 11.0. The lowest BCUT2D eigenvalue weighted by molar-refractivity contribution is -0.109. The van der Waals surface area contributed by atoms with Crippen molar-refractivity contribution >= 4 is 12.3 Å². The monoisotopic (exact) mass is 338 g/mol. The van der Waals surface area contributed by atoms with E-state index in [2.05, 4.69) is 28.6 Å². The second-order valence-electron chi connectivity index (χ2n) is 5.10. The Kier molecular flexibility index (Phi) is 12.4. The zero-order valence-electron chi connectivity index (χ0n) is 15.4. The maximum absolute atomic E-state index is 11.0. The highest BCUT2D eigenvalue weighted by Gasteiger charge is 2.07. The molecule has 0 radical (unpaired) electrons. The highest BCUT2D eigenvalue weighted by Crippen LogP contribution is 2.12. The summed E-state index contributed by atoms with van der Waals surface area (Å²) in [4.78, 5) is 25.7. The Labute approximate surface area is 145 Å². The molecule has 1 aliphatic rings. The van der Waals surface area contributed by atoms with E-state index in [-0.39, 0.29) is 6.61 Å². The summed E-state index contributed by atoms with van der Waals surface area (Å²) in [6, 6.07) is 6.36. The molecule has 0 saturated carbocycles. The Morgan fingerprint density at radius 3 is 1.88 bits per heavy atom. The van der Waals surface area contributed by atoms with Gasteiger partial charge in [0.05, 0.1) is 12.7 Å². The van der Waals surface area contributed by atoms with Crippen molar-refractivity contribution in [1.29, 1.82) is 0 Å². The van der Waals surface area contributed by atoms with E-state index in [9.17, 15) is 9.59 Å². The van der Waals surface area contributed by atoms with Crippen LogP contribution in [0.1, 0.15) is 24.2 Å². The number of methoxy groups -OCH3 is 1. The fourth-order valence-corrected chi connectivity index (χ4v) is 1.84. The van der Waals surface area contributed by atoms with Crippen molar-refractivity contribution in [3.63, 3.8) is 0 Å². The van der Waals surface area contributed by atoms with Crippen molar-refractivity contribution in [2.75, 3.05) is 54.0 Å². The van der Waals surface area contributed by atoms with Crippen molar-refractivity contribution in [3.8, 4) is 5.75 Å². The Morgan fingerprint density at radius 2 is 1.50 bits per heavy atom. The fraction of sp³-hybridized carbons (Fsp3) is 0.556. The van der Waals surface area contributed by atoms with Gasteiger partial charge in [-0.15, -0.1) is 0 Å². The van der Waals surface area contributed by atoms with Crippen LogP contribution in [0.5, 0.6) is 5.75 Å². The zero-order valence-corrected chi connectivity index (χ0v) is 15.4. The average molecular weight is 338 g/mol. The van der Waals surface area contributed by atoms with Crippen LogP contribution in [0.4, 0.5) is 0 Å². The van der Waals surface area contributed by atoms with Gasteiger partial charge in [-0.3, -0.25) is 4.79 Å². The molecular weight excluding hydrogens is 308 g/mol. The van der Waals surface area contributed by atoms with Gasteiger partial charge >= 0.3 is 5.97 Å². The zero-order chi connectivity index (χ0) is 18.4. The summed E-state index contributed by atoms with van der Waals surface area (Å²) in [7, 11) is 5.67. The second kappa shape index (κ2) is 13.5. The molecule has 2 rings (SSSR count). The van der Waals surface area contributed by atoms with Gasteiger partial charge < -0.3 is 19.3 Å². The molecule has 24 heavy (non-hydrogen) atoms. The minimum Gasteiger partial charge on any atom is -0.486 e. The van der Waals surface area contributed by atoms with Crippen LogP contribution in [0.3, 0.4) is 0 Å². The van der Waals surface area contributed by atoms with Gasteiger partial charge in [0, 0.05) is 26.2 Å². The Balaban J connectivity index is 0.000000447. The normalized spacial score (nSPS) is 14.4. The van der Waals surface area contributed by atoms with Gasteiger partial charge in [-0.05, 0) is 38.4 Å². The van der Waals surface area contributed by atoms with Crippen LogP contribution >= 0.6 is 0 Å². The number of benzene rings is 1. The van der Waals surface area contributed by atoms with Crippen LogP contribution in [0, 0.1) is 0 Å². The molecule has 1 fully saturated rings. The fourth-order valence-electron chi connectivity index (χ4n) is 1.84. The third-order valence-electron chi connectivity index (χ3n) is 3.32. The minimum absolute atomic E-state index is 0.0115. The van der Waals surface area contributed by atoms with Gasteiger partial charge in [-0.25, -0.2) is 4.79 Å². The minimum atomic E-state index is -0.396. The molecule has 0 amide bonds. The van der Waals surface area contributed by atoms with Gasteiger partial charge in [-0.2, -0.15) is 0 Å². The molecule has 136 valence electrons. The molecule has 1 saturated heterocycles. The first kappa shape index (κ1) is 22.1. The van der Waals surface area contributed by atoms with Gasteiger partial charge in [-0.1, -0.05) is 13.8 Å². The number of esters is 1. The highest BCUT2D eigenvalue weighted by molar-refractivity contribution is 5.89. The number of aldehydes is 1. The van der Waals surface area contributed by atoms with Crippen LogP contribution < -0.4 is 4.74 Å². The summed E-state index contributed by atoms with van der Waals surface area (Å²) in [5.41, 5.74) is 0.450. The van der Waals surface area contributed by atoms with Gasteiger partial charge in [0.2, 0.25) is 0 Å². The quantitative estimate of drug-likeness (QED) is 0.618. The van der Waals surface area contributed by atoms with Crippen molar-refractivity contribution in [2.45, 2.75) is 13.8 Å². The predicted molar refractivity (Wildman–Crippen MR) is 95.7 cm³/mol. The van der Waals surface area contributed by atoms with E-state index in [0.717, 1.165) is 0 Å². The second-order valence-corrected chi connectivity index (χ2v) is 5.10. The molecule has 1 aromatic carbocycles. The smallest absolute Gasteiger partial charge is 0.337 e. The van der Waals surface area contributed by atoms with Gasteiger partial charge in [0.15, 0.2) is 6.29 Å². The Hall–Kier alpha value is -1.92. The predicted octanol–water partition coefficient (Wildman–Crippen LogP) is 1.94. The lowest BCUT2D eigenvalue weighted by atomic mass is 10.2. The van der Waals surface area contributed by atoms with E-state index in [4.69, 9.17) is 4.74 Å². The van der Waals surface area contributed by atoms with E-state index >= 15 is 0 Å². The van der Waals surface area contributed by atoms with E-state index in [1.165, 1.54) is 33.3 Å². The molecule has 6 nitrogen and oxygen atoms in total. The molecular formula is C18H30N2O4. The van der Waals surface area contributed by atoms with E-state index < -0.39 is 5.97 Å². The number of likely N-dealkylation sites (N-methyl/N-ethyl adjacent to an activating group) is 2. The summed E-state index contributed by atoms with van der Waals surface area (Å²) >= 11 is 0. The lowest BCUT2D eigenvalue weighted by Crippen LogP contribution is -2.42. The summed E-state index contributed by atoms with van der Waals surface area (Å²) in [5.74, 6) is 0.150. The van der Waals surface area contributed by atoms with E-state index in [0.29, 0.717) is 17.6 Å². The summed E-state index contributed by atoms with van der Waals surface area (Å²) in [6.07, 6.45) is 0.661. The first-order valence-electron chi connectivity index (χ1n) is 8.18. The first-order valence-corrected chi connectivity index (χ1v) is 8.18. The molecule has 1 aromatic rings. The standard InChI is InChI=1S/C10H10O4.C6H14N2.C2H6/c1-13-10(12)8-2-4-9(5-3-8)14-7-6-11;1-7-3-5-8(2)6-4-7;1-2/h2-6H,7H2,1H3;3-6H2,1-2H3;1-2H3. The number of carbonyl (C=O) groups is 2. The van der Waals surface area contributed by atoms with Crippen molar-refractivity contribution in [2.24, 2.45) is 0 Å². The van der Waals surface area contributed by atoms with Crippen molar-refractivity contribution in [3.05, 3.63) is 29.8 Å². The largest absolute Gasteiger partial charge is 0.486 e. The van der Waals surface area contributed by atoms with Crippen LogP contribution in [0.25, 0.3) is 0 Å². The number of ether oxygens (including phenoxy) is 2. The van der Waals surface area contributed by atoms with Crippen molar-refractivity contribution < 1.29 is 19.1 Å². The number of carbonyl (C=O) groups excluding carboxylic acids is 2. The Bertz CT molecular complexity index is 445. The molecule has 1 heterocycles. The molecule has 0 unspecified atom stereocenters. The lowest BCUT2D eigenvalue weighted by Gasteiger charge is -2.28. The first-order chi connectivity index (χ1) is 11.6. The maximum Gasteiger partial charge on any atom is 0.337 e. The number of hydrogen-bond donors (Lipinski definition) is 0. The number of hydrogen-bond acceptors (Lipinski definition) is 6. The van der Waals surface area contributed by atoms with Crippen LogP contribution in [-0.4, -0.2) is 76.0 Å². The van der Waals surface area contributed by atoms with Crippen LogP contribution in [0.15, 0.2) is 24.3 Å². The third-order valence-corrected chi connectivity index (χ3v) is 3.32. The summed E-state index contributed by atoms with van der Waals surface area (Å²) in [5, 5.41) is 0. The van der Waals surface area contributed by atoms with Gasteiger partial charge in [0.25, 0.3) is 0 Å². The SMILES string of the molecule is CC.CN1CCN(C)CC1.COC(=O)c1ccc(OCC=O)cc1. The molecule has 0 aromatic heterocycles. The molecule has 0 aliphatic carbocycles. The number of piperazine rings is 1. The highest BCUT2D eigenvalue weighted by atomic mass is 16.5.